The second kappa shape index (κ2) is 6.07. The predicted octanol–water partition coefficient (Wildman–Crippen LogP) is -4.48. The number of rotatable bonds is 4. The molecule has 4 aliphatic rings. The summed E-state index contributed by atoms with van der Waals surface area (Å²) in [5.41, 5.74) is -3.07. The lowest BCUT2D eigenvalue weighted by Crippen LogP contribution is -2.62. The molecule has 0 bridgehead atoms. The van der Waals surface area contributed by atoms with Gasteiger partial charge in [0.15, 0.2) is 6.29 Å². The average molecular weight is 378 g/mol. The van der Waals surface area contributed by atoms with E-state index in [0.29, 0.717) is 0 Å². The van der Waals surface area contributed by atoms with Gasteiger partial charge in [-0.05, 0) is 6.08 Å². The Bertz CT molecular complexity index is 584. The zero-order valence-corrected chi connectivity index (χ0v) is 13.5. The molecule has 26 heavy (non-hydrogen) atoms. The van der Waals surface area contributed by atoms with E-state index in [2.05, 4.69) is 0 Å². The Kier molecular flexibility index (Phi) is 4.32. The topological polar surface area (TPSA) is 182 Å². The van der Waals surface area contributed by atoms with Crippen molar-refractivity contribution in [3.8, 4) is 0 Å². The number of hydrogen-bond donors (Lipinski definition) is 7. The van der Waals surface area contributed by atoms with Gasteiger partial charge in [-0.2, -0.15) is 0 Å². The highest BCUT2D eigenvalue weighted by atomic mass is 16.8. The first-order valence-electron chi connectivity index (χ1n) is 8.28. The zero-order chi connectivity index (χ0) is 18.9. The van der Waals surface area contributed by atoms with Crippen molar-refractivity contribution in [3.05, 3.63) is 12.3 Å². The van der Waals surface area contributed by atoms with Crippen LogP contribution in [0.5, 0.6) is 0 Å². The van der Waals surface area contributed by atoms with Crippen molar-refractivity contribution in [1.29, 1.82) is 0 Å². The normalized spacial score (nSPS) is 58.0. The fourth-order valence-corrected chi connectivity index (χ4v) is 4.21. The number of epoxide rings is 1. The van der Waals surface area contributed by atoms with E-state index >= 15 is 0 Å². The van der Waals surface area contributed by atoms with Crippen LogP contribution in [0.15, 0.2) is 12.3 Å². The molecular formula is C15H22O11. The number of ether oxygens (including phenoxy) is 4. The van der Waals surface area contributed by atoms with Crippen LogP contribution in [0, 0.1) is 5.92 Å². The third-order valence-electron chi connectivity index (χ3n) is 5.74. The maximum atomic E-state index is 10.8. The van der Waals surface area contributed by atoms with E-state index in [1.165, 1.54) is 6.08 Å². The molecule has 0 aromatic rings. The fourth-order valence-electron chi connectivity index (χ4n) is 4.21. The summed E-state index contributed by atoms with van der Waals surface area (Å²) in [6.45, 7) is -1.14. The third kappa shape index (κ3) is 2.31. The second-order valence-electron chi connectivity index (χ2n) is 7.10. The van der Waals surface area contributed by atoms with E-state index in [4.69, 9.17) is 18.9 Å². The largest absolute Gasteiger partial charge is 0.472 e. The van der Waals surface area contributed by atoms with Crippen LogP contribution in [-0.4, -0.2) is 109 Å². The van der Waals surface area contributed by atoms with E-state index < -0.39 is 79.5 Å². The molecule has 1 saturated carbocycles. The maximum Gasteiger partial charge on any atom is 0.210 e. The molecule has 0 aromatic carbocycles. The van der Waals surface area contributed by atoms with E-state index in [0.717, 1.165) is 6.26 Å². The fraction of sp³-hybridized carbons (Fsp3) is 0.867. The van der Waals surface area contributed by atoms with Crippen LogP contribution in [-0.2, 0) is 18.9 Å². The minimum Gasteiger partial charge on any atom is -0.472 e. The minimum absolute atomic E-state index is 0.507. The highest BCUT2D eigenvalue weighted by molar-refractivity contribution is 5.32. The van der Waals surface area contributed by atoms with E-state index in [9.17, 15) is 35.7 Å². The smallest absolute Gasteiger partial charge is 0.210 e. The van der Waals surface area contributed by atoms with Gasteiger partial charge < -0.3 is 54.7 Å². The summed E-state index contributed by atoms with van der Waals surface area (Å²) in [5, 5.41) is 69.8. The molecule has 3 heterocycles. The Hall–Kier alpha value is -0.860. The summed E-state index contributed by atoms with van der Waals surface area (Å²) in [4.78, 5) is 0. The van der Waals surface area contributed by atoms with E-state index in [-0.39, 0.29) is 0 Å². The Morgan fingerprint density at radius 2 is 1.73 bits per heavy atom. The molecule has 0 spiro atoms. The predicted molar refractivity (Wildman–Crippen MR) is 78.0 cm³/mol. The van der Waals surface area contributed by atoms with Crippen molar-refractivity contribution in [2.75, 3.05) is 13.2 Å². The van der Waals surface area contributed by atoms with Crippen molar-refractivity contribution in [2.45, 2.75) is 60.4 Å². The van der Waals surface area contributed by atoms with Crippen LogP contribution in [0.4, 0.5) is 0 Å². The summed E-state index contributed by atoms with van der Waals surface area (Å²) in [5.74, 6) is -1.04. The van der Waals surface area contributed by atoms with Crippen LogP contribution < -0.4 is 0 Å². The molecule has 11 nitrogen and oxygen atoms in total. The molecule has 0 amide bonds. The highest BCUT2D eigenvalue weighted by Crippen LogP contribution is 2.61. The van der Waals surface area contributed by atoms with Gasteiger partial charge in [-0.3, -0.25) is 0 Å². The molecule has 3 aliphatic heterocycles. The van der Waals surface area contributed by atoms with Crippen molar-refractivity contribution < 1.29 is 54.7 Å². The Labute approximate surface area is 147 Å². The van der Waals surface area contributed by atoms with Gasteiger partial charge in [-0.1, -0.05) is 0 Å². The molecule has 0 unspecified atom stereocenters. The lowest BCUT2D eigenvalue weighted by molar-refractivity contribution is -0.350. The molecule has 0 aromatic heterocycles. The number of fused-ring (bicyclic) bond motifs is 3. The van der Waals surface area contributed by atoms with Crippen LogP contribution in [0.25, 0.3) is 0 Å². The van der Waals surface area contributed by atoms with Gasteiger partial charge >= 0.3 is 0 Å². The first-order valence-corrected chi connectivity index (χ1v) is 8.28. The molecule has 3 fully saturated rings. The van der Waals surface area contributed by atoms with Gasteiger partial charge in [-0.15, -0.1) is 0 Å². The Balaban J connectivity index is 1.57. The number of hydrogen-bond acceptors (Lipinski definition) is 11. The first-order chi connectivity index (χ1) is 12.3. The summed E-state index contributed by atoms with van der Waals surface area (Å²) in [6, 6.07) is 0. The molecule has 1 aliphatic carbocycles. The summed E-state index contributed by atoms with van der Waals surface area (Å²) in [6.07, 6.45) is -8.62. The molecular weight excluding hydrogens is 356 g/mol. The molecule has 7 N–H and O–H groups in total. The molecule has 4 rings (SSSR count). The van der Waals surface area contributed by atoms with Gasteiger partial charge in [0, 0.05) is 0 Å². The molecule has 11 heteroatoms. The van der Waals surface area contributed by atoms with Crippen molar-refractivity contribution in [1.82, 2.24) is 0 Å². The Morgan fingerprint density at radius 3 is 2.38 bits per heavy atom. The summed E-state index contributed by atoms with van der Waals surface area (Å²) >= 11 is 0. The van der Waals surface area contributed by atoms with Crippen molar-refractivity contribution in [3.63, 3.8) is 0 Å². The van der Waals surface area contributed by atoms with Crippen LogP contribution in [0.2, 0.25) is 0 Å². The standard InChI is InChI=1S/C15H22O11/c16-3-5-6(18)7(19)8(20)12(24-5)25-13-9-14(22,1-2-23-13)10(21)11-15(9,4-17)26-11/h1-2,5-13,16-22H,3-4H2/t5-,6-,7+,8-,9+,10-,11+,12+,13+,14+,15-/m1/s1. The van der Waals surface area contributed by atoms with Crippen LogP contribution >= 0.6 is 0 Å². The van der Waals surface area contributed by atoms with Crippen LogP contribution in [0.1, 0.15) is 0 Å². The Morgan fingerprint density at radius 1 is 1.00 bits per heavy atom. The maximum absolute atomic E-state index is 10.8. The van der Waals surface area contributed by atoms with Crippen molar-refractivity contribution in [2.24, 2.45) is 5.92 Å². The number of aliphatic hydroxyl groups excluding tert-OH is 6. The number of aliphatic hydroxyl groups is 7. The average Bonchev–Trinajstić information content (AvgIpc) is 3.32. The summed E-state index contributed by atoms with van der Waals surface area (Å²) < 4.78 is 21.6. The quantitative estimate of drug-likeness (QED) is 0.234. The molecule has 0 radical (unpaired) electrons. The van der Waals surface area contributed by atoms with E-state index in [1.807, 2.05) is 0 Å². The van der Waals surface area contributed by atoms with Crippen LogP contribution in [0.3, 0.4) is 0 Å². The zero-order valence-electron chi connectivity index (χ0n) is 13.5. The lowest BCUT2D eigenvalue weighted by atomic mass is 9.81. The van der Waals surface area contributed by atoms with Gasteiger partial charge in [0.1, 0.15) is 47.8 Å². The second-order valence-corrected chi connectivity index (χ2v) is 7.10. The van der Waals surface area contributed by atoms with E-state index in [1.54, 1.807) is 0 Å². The molecule has 2 saturated heterocycles. The van der Waals surface area contributed by atoms with Crippen molar-refractivity contribution >= 4 is 0 Å². The monoisotopic (exact) mass is 378 g/mol. The third-order valence-corrected chi connectivity index (χ3v) is 5.74. The highest BCUT2D eigenvalue weighted by Gasteiger charge is 2.81. The first kappa shape index (κ1) is 18.5. The van der Waals surface area contributed by atoms with Gasteiger partial charge in [0.25, 0.3) is 0 Å². The van der Waals surface area contributed by atoms with Gasteiger partial charge in [-0.25, -0.2) is 0 Å². The van der Waals surface area contributed by atoms with Gasteiger partial charge in [0.2, 0.25) is 6.29 Å². The minimum atomic E-state index is -1.79. The summed E-state index contributed by atoms with van der Waals surface area (Å²) in [7, 11) is 0. The molecule has 11 atom stereocenters. The lowest BCUT2D eigenvalue weighted by Gasteiger charge is -2.45. The SMILES string of the molecule is OC[C@H]1O[C@@H](O[C@@H]2OC=C[C@@]3(O)[C@H](O)[C@@H]4O[C@]4(CO)[C@@H]23)[C@H](O)[C@@H](O)[C@@H]1O. The molecule has 148 valence electrons. The van der Waals surface area contributed by atoms with Gasteiger partial charge in [0.05, 0.1) is 25.4 Å².